The fraction of sp³-hybridized carbons (Fsp3) is 0.417. The van der Waals surface area contributed by atoms with Crippen LogP contribution in [-0.4, -0.2) is 22.6 Å². The highest BCUT2D eigenvalue weighted by Gasteiger charge is 2.20. The molecule has 2 rings (SSSR count). The second kappa shape index (κ2) is 6.68. The van der Waals surface area contributed by atoms with Crippen LogP contribution in [0.25, 0.3) is 0 Å². The molecule has 7 heteroatoms. The fourth-order valence-electron chi connectivity index (χ4n) is 1.44. The van der Waals surface area contributed by atoms with Gasteiger partial charge in [0.1, 0.15) is 0 Å². The number of nitrogens with two attached hydrogens (primary N) is 1. The van der Waals surface area contributed by atoms with E-state index in [0.29, 0.717) is 28.6 Å². The highest BCUT2D eigenvalue weighted by molar-refractivity contribution is 7.80. The van der Waals surface area contributed by atoms with Gasteiger partial charge < -0.3 is 16.4 Å². The predicted molar refractivity (Wildman–Crippen MR) is 81.0 cm³/mol. The van der Waals surface area contributed by atoms with E-state index < -0.39 is 0 Å². The number of aromatic nitrogens is 1. The lowest BCUT2D eigenvalue weighted by molar-refractivity contribution is 0.836. The quantitative estimate of drug-likeness (QED) is 0.445. The molecule has 0 amide bonds. The molecule has 0 radical (unpaired) electrons. The Kier molecular flexibility index (Phi) is 4.93. The van der Waals surface area contributed by atoms with E-state index >= 15 is 0 Å². The summed E-state index contributed by atoms with van der Waals surface area (Å²) in [5.74, 6) is 1.05. The van der Waals surface area contributed by atoms with E-state index in [1.807, 2.05) is 0 Å². The van der Waals surface area contributed by atoms with Crippen molar-refractivity contribution >= 4 is 34.9 Å². The van der Waals surface area contributed by atoms with E-state index in [0.717, 1.165) is 12.2 Å². The molecule has 1 saturated carbocycles. The highest BCUT2D eigenvalue weighted by atomic mass is 35.5. The minimum Gasteiger partial charge on any atom is -0.370 e. The average molecular weight is 298 g/mol. The van der Waals surface area contributed by atoms with Crippen LogP contribution >= 0.6 is 23.8 Å². The number of guanidine groups is 1. The molecule has 0 atom stereocenters. The molecule has 1 aromatic heterocycles. The molecule has 4 N–H and O–H groups in total. The first kappa shape index (κ1) is 14.0. The van der Waals surface area contributed by atoms with E-state index in [9.17, 15) is 0 Å². The van der Waals surface area contributed by atoms with Crippen molar-refractivity contribution in [2.45, 2.75) is 19.4 Å². The minimum atomic E-state index is 0.344. The van der Waals surface area contributed by atoms with Gasteiger partial charge in [0.05, 0.1) is 17.3 Å². The first-order chi connectivity index (χ1) is 9.15. The molecular weight excluding hydrogens is 282 g/mol. The Morgan fingerprint density at radius 2 is 2.37 bits per heavy atom. The van der Waals surface area contributed by atoms with E-state index in [4.69, 9.17) is 29.6 Å². The Labute approximate surface area is 122 Å². The number of hydrogen-bond donors (Lipinski definition) is 3. The number of aliphatic imine (C=N–C) groups is 1. The van der Waals surface area contributed by atoms with Gasteiger partial charge in [0.25, 0.3) is 0 Å². The molecule has 1 aliphatic rings. The first-order valence-corrected chi connectivity index (χ1v) is 6.88. The zero-order chi connectivity index (χ0) is 13.7. The van der Waals surface area contributed by atoms with Crippen LogP contribution in [0.5, 0.6) is 0 Å². The molecule has 0 aromatic carbocycles. The third-order valence-corrected chi connectivity index (χ3v) is 3.30. The lowest BCUT2D eigenvalue weighted by atomic mass is 10.3. The second-order valence-corrected chi connectivity index (χ2v) is 5.22. The molecule has 1 heterocycles. The summed E-state index contributed by atoms with van der Waals surface area (Å²) < 4.78 is 0. The van der Waals surface area contributed by atoms with Crippen LogP contribution in [0.3, 0.4) is 0 Å². The number of rotatable bonds is 4. The summed E-state index contributed by atoms with van der Waals surface area (Å²) >= 11 is 11.1. The van der Waals surface area contributed by atoms with E-state index in [1.165, 1.54) is 12.8 Å². The molecule has 1 aliphatic carbocycles. The maximum Gasteiger partial charge on any atom is 0.194 e. The van der Waals surface area contributed by atoms with Gasteiger partial charge in [0.2, 0.25) is 0 Å². The fourth-order valence-corrected chi connectivity index (χ4v) is 1.81. The van der Waals surface area contributed by atoms with Gasteiger partial charge in [-0.15, -0.1) is 0 Å². The summed E-state index contributed by atoms with van der Waals surface area (Å²) in [6.07, 6.45) is 4.18. The Hall–Kier alpha value is -1.40. The topological polar surface area (TPSA) is 75.3 Å². The Balaban J connectivity index is 1.74. The van der Waals surface area contributed by atoms with Crippen molar-refractivity contribution < 1.29 is 0 Å². The van der Waals surface area contributed by atoms with Gasteiger partial charge in [-0.1, -0.05) is 11.6 Å². The SMILES string of the molecule is NC(=NCC1CC1)NC(=S)NCc1ncccc1Cl. The van der Waals surface area contributed by atoms with E-state index in [1.54, 1.807) is 18.3 Å². The highest BCUT2D eigenvalue weighted by Crippen LogP contribution is 2.28. The molecule has 102 valence electrons. The third-order valence-electron chi connectivity index (χ3n) is 2.71. The number of halogens is 1. The summed E-state index contributed by atoms with van der Waals surface area (Å²) in [6.45, 7) is 1.22. The zero-order valence-corrected chi connectivity index (χ0v) is 12.0. The Bertz CT molecular complexity index is 487. The monoisotopic (exact) mass is 297 g/mol. The largest absolute Gasteiger partial charge is 0.370 e. The van der Waals surface area contributed by atoms with Gasteiger partial charge in [-0.05, 0) is 43.1 Å². The van der Waals surface area contributed by atoms with Crippen molar-refractivity contribution in [3.8, 4) is 0 Å². The number of pyridine rings is 1. The average Bonchev–Trinajstić information content (AvgIpc) is 3.19. The summed E-state index contributed by atoms with van der Waals surface area (Å²) in [5.41, 5.74) is 6.46. The molecular formula is C12H16ClN5S. The Morgan fingerprint density at radius 3 is 3.05 bits per heavy atom. The van der Waals surface area contributed by atoms with Crippen molar-refractivity contribution in [1.82, 2.24) is 15.6 Å². The van der Waals surface area contributed by atoms with Gasteiger partial charge in [0, 0.05) is 12.7 Å². The van der Waals surface area contributed by atoms with Gasteiger partial charge in [-0.2, -0.15) is 0 Å². The van der Waals surface area contributed by atoms with Crippen LogP contribution in [0.2, 0.25) is 5.02 Å². The van der Waals surface area contributed by atoms with Gasteiger partial charge in [-0.3, -0.25) is 9.98 Å². The van der Waals surface area contributed by atoms with Crippen molar-refractivity contribution in [3.05, 3.63) is 29.0 Å². The van der Waals surface area contributed by atoms with Crippen LogP contribution in [-0.2, 0) is 6.54 Å². The second-order valence-electron chi connectivity index (χ2n) is 4.41. The third kappa shape index (κ3) is 5.00. The van der Waals surface area contributed by atoms with Crippen LogP contribution in [0.15, 0.2) is 23.3 Å². The zero-order valence-electron chi connectivity index (χ0n) is 10.4. The van der Waals surface area contributed by atoms with Crippen LogP contribution < -0.4 is 16.4 Å². The van der Waals surface area contributed by atoms with E-state index in [2.05, 4.69) is 20.6 Å². The first-order valence-electron chi connectivity index (χ1n) is 6.09. The normalized spacial score (nSPS) is 15.1. The maximum absolute atomic E-state index is 5.99. The molecule has 1 aromatic rings. The van der Waals surface area contributed by atoms with Crippen molar-refractivity contribution in [1.29, 1.82) is 0 Å². The smallest absolute Gasteiger partial charge is 0.194 e. The van der Waals surface area contributed by atoms with Gasteiger partial charge in [-0.25, -0.2) is 0 Å². The van der Waals surface area contributed by atoms with Crippen molar-refractivity contribution in [2.24, 2.45) is 16.6 Å². The van der Waals surface area contributed by atoms with Crippen molar-refractivity contribution in [2.75, 3.05) is 6.54 Å². The molecule has 1 fully saturated rings. The minimum absolute atomic E-state index is 0.344. The van der Waals surface area contributed by atoms with E-state index in [-0.39, 0.29) is 0 Å². The molecule has 19 heavy (non-hydrogen) atoms. The van der Waals surface area contributed by atoms with Crippen LogP contribution in [0, 0.1) is 5.92 Å². The lowest BCUT2D eigenvalue weighted by Gasteiger charge is -2.10. The van der Waals surface area contributed by atoms with Crippen molar-refractivity contribution in [3.63, 3.8) is 0 Å². The number of nitrogens with zero attached hydrogens (tertiary/aromatic N) is 2. The maximum atomic E-state index is 5.99. The number of thiocarbonyl (C=S) groups is 1. The summed E-state index contributed by atoms with van der Waals surface area (Å²) in [4.78, 5) is 8.37. The summed E-state index contributed by atoms with van der Waals surface area (Å²) in [6, 6.07) is 3.57. The molecule has 0 bridgehead atoms. The molecule has 5 nitrogen and oxygen atoms in total. The summed E-state index contributed by atoms with van der Waals surface area (Å²) in [7, 11) is 0. The standard InChI is InChI=1S/C12H16ClN5S/c13-9-2-1-5-15-10(9)7-17-12(19)18-11(14)16-6-8-3-4-8/h1-2,5,8H,3-4,6-7H2,(H4,14,16,17,18,19). The lowest BCUT2D eigenvalue weighted by Crippen LogP contribution is -2.43. The number of hydrogen-bond acceptors (Lipinski definition) is 3. The van der Waals surface area contributed by atoms with Gasteiger partial charge in [0.15, 0.2) is 11.1 Å². The molecule has 0 unspecified atom stereocenters. The van der Waals surface area contributed by atoms with Gasteiger partial charge >= 0.3 is 0 Å². The molecule has 0 spiro atoms. The predicted octanol–water partition coefficient (Wildman–Crippen LogP) is 1.42. The van der Waals surface area contributed by atoms with Crippen LogP contribution in [0.4, 0.5) is 0 Å². The molecule has 0 saturated heterocycles. The Morgan fingerprint density at radius 1 is 1.58 bits per heavy atom. The summed E-state index contributed by atoms with van der Waals surface area (Å²) in [5, 5.41) is 6.84. The molecule has 0 aliphatic heterocycles. The van der Waals surface area contributed by atoms with Crippen LogP contribution in [0.1, 0.15) is 18.5 Å². The number of nitrogens with one attached hydrogen (secondary N) is 2.